The van der Waals surface area contributed by atoms with Crippen molar-refractivity contribution < 1.29 is 17.9 Å². The van der Waals surface area contributed by atoms with Crippen molar-refractivity contribution in [2.75, 3.05) is 24.9 Å². The molecule has 1 aliphatic heterocycles. The summed E-state index contributed by atoms with van der Waals surface area (Å²) in [6.07, 6.45) is 1.13. The summed E-state index contributed by atoms with van der Waals surface area (Å²) in [5.74, 6) is 1.43. The zero-order valence-electron chi connectivity index (χ0n) is 16.4. The Morgan fingerprint density at radius 2 is 1.71 bits per heavy atom. The summed E-state index contributed by atoms with van der Waals surface area (Å²) >= 11 is 0. The van der Waals surface area contributed by atoms with Crippen LogP contribution in [-0.2, 0) is 10.0 Å². The molecule has 2 aromatic carbocycles. The first kappa shape index (κ1) is 20.2. The molecule has 0 saturated carbocycles. The number of carbonyl (C=O) groups is 1. The number of carbonyl (C=O) groups excluding carboxylic acids is 1. The summed E-state index contributed by atoms with van der Waals surface area (Å²) in [5, 5.41) is 0. The molecule has 1 heterocycles. The summed E-state index contributed by atoms with van der Waals surface area (Å²) in [7, 11) is -2.25. The lowest BCUT2D eigenvalue weighted by Gasteiger charge is -2.35. The number of hydrogen-bond donors (Lipinski definition) is 1. The van der Waals surface area contributed by atoms with Gasteiger partial charge < -0.3 is 9.64 Å². The molecule has 0 radical (unpaired) electrons. The number of ether oxygens (including phenoxy) is 1. The van der Waals surface area contributed by atoms with Gasteiger partial charge in [-0.05, 0) is 54.7 Å². The van der Waals surface area contributed by atoms with E-state index in [-0.39, 0.29) is 10.8 Å². The van der Waals surface area contributed by atoms with Crippen LogP contribution in [0.1, 0.15) is 30.6 Å². The third kappa shape index (κ3) is 4.65. The first-order valence-corrected chi connectivity index (χ1v) is 10.8. The number of nitrogens with zero attached hydrogens (tertiary/aromatic N) is 1. The van der Waals surface area contributed by atoms with E-state index in [0.717, 1.165) is 19.5 Å². The standard InChI is InChI=1S/C21H26N2O4S/c1-15-11-16(2)14-23(13-15)21(24)17-7-9-18(10-8-17)22-28(25,26)20-6-4-5-19(12-20)27-3/h4-10,12,15-16,22H,11,13-14H2,1-3H3/t15-,16+. The zero-order valence-corrected chi connectivity index (χ0v) is 17.2. The predicted octanol–water partition coefficient (Wildman–Crippen LogP) is 3.61. The third-order valence-corrected chi connectivity index (χ3v) is 6.27. The fraction of sp³-hybridized carbons (Fsp3) is 0.381. The number of amides is 1. The van der Waals surface area contributed by atoms with Crippen LogP contribution >= 0.6 is 0 Å². The van der Waals surface area contributed by atoms with Gasteiger partial charge >= 0.3 is 0 Å². The molecule has 7 heteroatoms. The van der Waals surface area contributed by atoms with E-state index in [4.69, 9.17) is 4.74 Å². The van der Waals surface area contributed by atoms with Crippen LogP contribution in [0.5, 0.6) is 5.75 Å². The lowest BCUT2D eigenvalue weighted by Crippen LogP contribution is -2.42. The van der Waals surface area contributed by atoms with Crippen LogP contribution < -0.4 is 9.46 Å². The average Bonchev–Trinajstić information content (AvgIpc) is 2.67. The smallest absolute Gasteiger partial charge is 0.262 e. The normalized spacial score (nSPS) is 19.9. The number of nitrogens with one attached hydrogen (secondary N) is 1. The molecule has 0 unspecified atom stereocenters. The molecule has 0 aliphatic carbocycles. The topological polar surface area (TPSA) is 75.7 Å². The molecule has 28 heavy (non-hydrogen) atoms. The Morgan fingerprint density at radius 1 is 1.07 bits per heavy atom. The van der Waals surface area contributed by atoms with Gasteiger partial charge in [-0.25, -0.2) is 8.42 Å². The molecule has 0 aromatic heterocycles. The summed E-state index contributed by atoms with van der Waals surface area (Å²) in [5.41, 5.74) is 0.963. The van der Waals surface area contributed by atoms with Gasteiger partial charge in [-0.15, -0.1) is 0 Å². The van der Waals surface area contributed by atoms with Crippen LogP contribution in [0.25, 0.3) is 0 Å². The highest BCUT2D eigenvalue weighted by Gasteiger charge is 2.26. The van der Waals surface area contributed by atoms with Gasteiger partial charge in [0.25, 0.3) is 15.9 Å². The van der Waals surface area contributed by atoms with E-state index in [2.05, 4.69) is 18.6 Å². The monoisotopic (exact) mass is 402 g/mol. The van der Waals surface area contributed by atoms with Gasteiger partial charge in [-0.1, -0.05) is 19.9 Å². The van der Waals surface area contributed by atoms with Crippen LogP contribution in [0.2, 0.25) is 0 Å². The van der Waals surface area contributed by atoms with Crippen LogP contribution in [0.15, 0.2) is 53.4 Å². The fourth-order valence-electron chi connectivity index (χ4n) is 3.67. The maximum Gasteiger partial charge on any atom is 0.262 e. The molecule has 3 rings (SSSR count). The number of rotatable bonds is 5. The van der Waals surface area contributed by atoms with E-state index in [1.165, 1.54) is 19.2 Å². The van der Waals surface area contributed by atoms with Crippen molar-refractivity contribution in [2.24, 2.45) is 11.8 Å². The van der Waals surface area contributed by atoms with Crippen molar-refractivity contribution >= 4 is 21.6 Å². The Bertz CT molecular complexity index is 931. The van der Waals surface area contributed by atoms with Gasteiger partial charge in [0.2, 0.25) is 0 Å². The molecule has 150 valence electrons. The number of piperidine rings is 1. The van der Waals surface area contributed by atoms with Crippen LogP contribution in [-0.4, -0.2) is 39.4 Å². The second-order valence-corrected chi connectivity index (χ2v) is 9.20. The molecule has 1 saturated heterocycles. The summed E-state index contributed by atoms with van der Waals surface area (Å²) < 4.78 is 32.8. The third-order valence-electron chi connectivity index (χ3n) is 4.89. The molecule has 0 spiro atoms. The van der Waals surface area contributed by atoms with E-state index in [1.54, 1.807) is 36.4 Å². The highest BCUT2D eigenvalue weighted by atomic mass is 32.2. The van der Waals surface area contributed by atoms with Gasteiger partial charge in [0.15, 0.2) is 0 Å². The van der Waals surface area contributed by atoms with Crippen molar-refractivity contribution in [1.82, 2.24) is 4.90 Å². The number of hydrogen-bond acceptors (Lipinski definition) is 4. The maximum absolute atomic E-state index is 12.8. The highest BCUT2D eigenvalue weighted by Crippen LogP contribution is 2.24. The quantitative estimate of drug-likeness (QED) is 0.829. The van der Waals surface area contributed by atoms with Crippen molar-refractivity contribution in [3.63, 3.8) is 0 Å². The molecule has 2 aromatic rings. The number of benzene rings is 2. The van der Waals surface area contributed by atoms with Gasteiger partial charge in [0.1, 0.15) is 5.75 Å². The lowest BCUT2D eigenvalue weighted by molar-refractivity contribution is 0.0623. The Kier molecular flexibility index (Phi) is 5.93. The zero-order chi connectivity index (χ0) is 20.3. The number of anilines is 1. The maximum atomic E-state index is 12.8. The summed E-state index contributed by atoms with van der Waals surface area (Å²) in [6, 6.07) is 12.8. The lowest BCUT2D eigenvalue weighted by atomic mass is 9.91. The first-order chi connectivity index (χ1) is 13.3. The van der Waals surface area contributed by atoms with Gasteiger partial charge in [-0.3, -0.25) is 9.52 Å². The second-order valence-electron chi connectivity index (χ2n) is 7.52. The van der Waals surface area contributed by atoms with E-state index in [9.17, 15) is 13.2 Å². The van der Waals surface area contributed by atoms with E-state index >= 15 is 0 Å². The first-order valence-electron chi connectivity index (χ1n) is 9.34. The van der Waals surface area contributed by atoms with Gasteiger partial charge in [0.05, 0.1) is 12.0 Å². The summed E-state index contributed by atoms with van der Waals surface area (Å²) in [6.45, 7) is 5.83. The minimum atomic E-state index is -3.74. The van der Waals surface area contributed by atoms with Gasteiger partial charge in [0, 0.05) is 30.4 Å². The number of methoxy groups -OCH3 is 1. The van der Waals surface area contributed by atoms with Crippen LogP contribution in [0.3, 0.4) is 0 Å². The number of sulfonamides is 1. The van der Waals surface area contributed by atoms with Gasteiger partial charge in [-0.2, -0.15) is 0 Å². The summed E-state index contributed by atoms with van der Waals surface area (Å²) in [4.78, 5) is 14.8. The SMILES string of the molecule is COc1cccc(S(=O)(=O)Nc2ccc(C(=O)N3C[C@H](C)C[C@H](C)C3)cc2)c1. The van der Waals surface area contributed by atoms with Crippen LogP contribution in [0.4, 0.5) is 5.69 Å². The molecule has 1 aliphatic rings. The van der Waals surface area contributed by atoms with E-state index in [1.807, 2.05) is 4.90 Å². The Hall–Kier alpha value is -2.54. The van der Waals surface area contributed by atoms with Crippen molar-refractivity contribution in [1.29, 1.82) is 0 Å². The van der Waals surface area contributed by atoms with Crippen molar-refractivity contribution in [3.8, 4) is 5.75 Å². The highest BCUT2D eigenvalue weighted by molar-refractivity contribution is 7.92. The molecular weight excluding hydrogens is 376 g/mol. The van der Waals surface area contributed by atoms with E-state index in [0.29, 0.717) is 28.8 Å². The average molecular weight is 403 g/mol. The Morgan fingerprint density at radius 3 is 2.32 bits per heavy atom. The molecule has 2 atom stereocenters. The van der Waals surface area contributed by atoms with E-state index < -0.39 is 10.0 Å². The van der Waals surface area contributed by atoms with Crippen molar-refractivity contribution in [3.05, 3.63) is 54.1 Å². The molecule has 6 nitrogen and oxygen atoms in total. The molecule has 1 amide bonds. The Labute approximate surface area is 166 Å². The minimum Gasteiger partial charge on any atom is -0.497 e. The molecule has 1 fully saturated rings. The van der Waals surface area contributed by atoms with Crippen LogP contribution in [0, 0.1) is 11.8 Å². The predicted molar refractivity (Wildman–Crippen MR) is 109 cm³/mol. The molecule has 1 N–H and O–H groups in total. The molecular formula is C21H26N2O4S. The fourth-order valence-corrected chi connectivity index (χ4v) is 4.77. The number of likely N-dealkylation sites (tertiary alicyclic amines) is 1. The minimum absolute atomic E-state index is 0.0133. The largest absolute Gasteiger partial charge is 0.497 e. The second kappa shape index (κ2) is 8.22. The molecule has 0 bridgehead atoms. The Balaban J connectivity index is 1.72. The van der Waals surface area contributed by atoms with Crippen molar-refractivity contribution in [2.45, 2.75) is 25.2 Å².